The van der Waals surface area contributed by atoms with E-state index in [4.69, 9.17) is 4.74 Å². The minimum atomic E-state index is -0.0262. The number of likely N-dealkylation sites (tertiary alicyclic amines) is 1. The number of aromatic hydroxyl groups is 1. The Bertz CT molecular complexity index is 920. The Labute approximate surface area is 157 Å². The number of thiazole rings is 1. The molecule has 0 radical (unpaired) electrons. The van der Waals surface area contributed by atoms with Crippen LogP contribution >= 0.6 is 11.3 Å². The van der Waals surface area contributed by atoms with Crippen molar-refractivity contribution in [2.24, 2.45) is 5.92 Å². The molecule has 0 amide bonds. The molecule has 2 aromatic heterocycles. The standard InChI is InChI=1S/C19H24N4O2S/c1-12-6-5-9-22(11-12)16(14-7-4-8-15(10-14)25-3)17-18(24)23-19(26-17)20-13(2)21-23/h4,7-8,10,12,16,24H,5-6,9,11H2,1-3H3/t12-,16+/m0/s1. The molecule has 4 rings (SSSR count). The fraction of sp³-hybridized carbons (Fsp3) is 0.474. The predicted octanol–water partition coefficient (Wildman–Crippen LogP) is 3.63. The van der Waals surface area contributed by atoms with Crippen molar-refractivity contribution in [1.29, 1.82) is 0 Å². The molecule has 0 aliphatic carbocycles. The molecule has 1 fully saturated rings. The van der Waals surface area contributed by atoms with Crippen LogP contribution in [0.5, 0.6) is 11.6 Å². The van der Waals surface area contributed by atoms with E-state index >= 15 is 0 Å². The van der Waals surface area contributed by atoms with E-state index in [2.05, 4.69) is 34.0 Å². The van der Waals surface area contributed by atoms with Crippen LogP contribution in [-0.2, 0) is 0 Å². The molecule has 0 spiro atoms. The number of hydrogen-bond donors (Lipinski definition) is 1. The first kappa shape index (κ1) is 17.3. The Morgan fingerprint density at radius 3 is 2.96 bits per heavy atom. The van der Waals surface area contributed by atoms with Gasteiger partial charge in [0.05, 0.1) is 18.0 Å². The van der Waals surface area contributed by atoms with Crippen LogP contribution in [0.1, 0.15) is 42.1 Å². The summed E-state index contributed by atoms with van der Waals surface area (Å²) in [5.74, 6) is 2.33. The third-order valence-electron chi connectivity index (χ3n) is 5.02. The van der Waals surface area contributed by atoms with Crippen molar-refractivity contribution in [1.82, 2.24) is 19.5 Å². The van der Waals surface area contributed by atoms with Crippen LogP contribution in [0.4, 0.5) is 0 Å². The van der Waals surface area contributed by atoms with Gasteiger partial charge in [-0.2, -0.15) is 4.52 Å². The number of hydrogen-bond acceptors (Lipinski definition) is 6. The van der Waals surface area contributed by atoms with Crippen molar-refractivity contribution >= 4 is 16.3 Å². The van der Waals surface area contributed by atoms with Gasteiger partial charge in [0.1, 0.15) is 11.6 Å². The minimum Gasteiger partial charge on any atom is -0.497 e. The maximum atomic E-state index is 10.9. The molecule has 138 valence electrons. The summed E-state index contributed by atoms with van der Waals surface area (Å²) in [6.07, 6.45) is 2.42. The average molecular weight is 372 g/mol. The monoisotopic (exact) mass is 372 g/mol. The van der Waals surface area contributed by atoms with Crippen LogP contribution in [0.3, 0.4) is 0 Å². The molecule has 6 nitrogen and oxygen atoms in total. The molecule has 1 N–H and O–H groups in total. The summed E-state index contributed by atoms with van der Waals surface area (Å²) < 4.78 is 6.98. The number of aryl methyl sites for hydroxylation is 1. The summed E-state index contributed by atoms with van der Waals surface area (Å²) >= 11 is 1.51. The Morgan fingerprint density at radius 1 is 1.38 bits per heavy atom. The molecule has 1 aliphatic heterocycles. The largest absolute Gasteiger partial charge is 0.497 e. The van der Waals surface area contributed by atoms with E-state index in [0.29, 0.717) is 11.7 Å². The number of aromatic nitrogens is 3. The zero-order valence-corrected chi connectivity index (χ0v) is 16.2. The molecule has 26 heavy (non-hydrogen) atoms. The van der Waals surface area contributed by atoms with Gasteiger partial charge in [-0.25, -0.2) is 4.98 Å². The fourth-order valence-electron chi connectivity index (χ4n) is 3.83. The predicted molar refractivity (Wildman–Crippen MR) is 102 cm³/mol. The van der Waals surface area contributed by atoms with Gasteiger partial charge in [-0.15, -0.1) is 5.10 Å². The van der Waals surface area contributed by atoms with E-state index in [1.165, 1.54) is 24.2 Å². The van der Waals surface area contributed by atoms with Crippen molar-refractivity contribution in [3.8, 4) is 11.6 Å². The molecule has 3 heterocycles. The second-order valence-electron chi connectivity index (χ2n) is 7.06. The zero-order valence-electron chi connectivity index (χ0n) is 15.3. The van der Waals surface area contributed by atoms with E-state index in [1.807, 2.05) is 19.1 Å². The Balaban J connectivity index is 1.83. The quantitative estimate of drug-likeness (QED) is 0.758. The number of rotatable bonds is 4. The van der Waals surface area contributed by atoms with Gasteiger partial charge in [0.2, 0.25) is 10.8 Å². The van der Waals surface area contributed by atoms with Crippen LogP contribution in [-0.4, -0.2) is 44.8 Å². The smallest absolute Gasteiger partial charge is 0.230 e. The van der Waals surface area contributed by atoms with E-state index < -0.39 is 0 Å². The highest BCUT2D eigenvalue weighted by Crippen LogP contribution is 2.41. The molecule has 0 saturated carbocycles. The fourth-order valence-corrected chi connectivity index (χ4v) is 4.99. The highest BCUT2D eigenvalue weighted by molar-refractivity contribution is 7.17. The van der Waals surface area contributed by atoms with Crippen LogP contribution < -0.4 is 4.74 Å². The molecule has 1 aromatic carbocycles. The van der Waals surface area contributed by atoms with E-state index in [1.54, 1.807) is 11.6 Å². The maximum absolute atomic E-state index is 10.9. The number of nitrogens with zero attached hydrogens (tertiary/aromatic N) is 4. The number of fused-ring (bicyclic) bond motifs is 1. The lowest BCUT2D eigenvalue weighted by Crippen LogP contribution is -2.37. The van der Waals surface area contributed by atoms with E-state index in [0.717, 1.165) is 34.2 Å². The first-order valence-electron chi connectivity index (χ1n) is 9.00. The lowest BCUT2D eigenvalue weighted by Gasteiger charge is -2.37. The van der Waals surface area contributed by atoms with Gasteiger partial charge in [-0.1, -0.05) is 30.4 Å². The first-order valence-corrected chi connectivity index (χ1v) is 9.81. The molecule has 2 atom stereocenters. The molecule has 7 heteroatoms. The molecule has 0 unspecified atom stereocenters. The van der Waals surface area contributed by atoms with Crippen molar-refractivity contribution in [3.05, 3.63) is 40.5 Å². The molecular formula is C19H24N4O2S. The highest BCUT2D eigenvalue weighted by atomic mass is 32.1. The minimum absolute atomic E-state index is 0.0262. The molecule has 3 aromatic rings. The van der Waals surface area contributed by atoms with Crippen molar-refractivity contribution in [3.63, 3.8) is 0 Å². The van der Waals surface area contributed by atoms with Gasteiger partial charge in [0, 0.05) is 6.54 Å². The van der Waals surface area contributed by atoms with E-state index in [9.17, 15) is 5.11 Å². The highest BCUT2D eigenvalue weighted by Gasteiger charge is 2.32. The van der Waals surface area contributed by atoms with Crippen LogP contribution in [0, 0.1) is 12.8 Å². The van der Waals surface area contributed by atoms with Crippen molar-refractivity contribution in [2.45, 2.75) is 32.7 Å². The molecule has 1 aliphatic rings. The second-order valence-corrected chi connectivity index (χ2v) is 8.07. The third kappa shape index (κ3) is 3.05. The van der Waals surface area contributed by atoms with Gasteiger partial charge in [-0.3, -0.25) is 4.90 Å². The topological polar surface area (TPSA) is 62.9 Å². The molecule has 0 bridgehead atoms. The van der Waals surface area contributed by atoms with Crippen molar-refractivity contribution < 1.29 is 9.84 Å². The summed E-state index contributed by atoms with van der Waals surface area (Å²) in [6.45, 7) is 6.15. The van der Waals surface area contributed by atoms with Crippen molar-refractivity contribution in [2.75, 3.05) is 20.2 Å². The summed E-state index contributed by atoms with van der Waals surface area (Å²) in [7, 11) is 1.68. The van der Waals surface area contributed by atoms with Gasteiger partial charge in [0.15, 0.2) is 0 Å². The average Bonchev–Trinajstić information content (AvgIpc) is 3.13. The van der Waals surface area contributed by atoms with Gasteiger partial charge in [-0.05, 0) is 49.9 Å². The van der Waals surface area contributed by atoms with Crippen LogP contribution in [0.15, 0.2) is 24.3 Å². The van der Waals surface area contributed by atoms with Gasteiger partial charge in [0.25, 0.3) is 0 Å². The summed E-state index contributed by atoms with van der Waals surface area (Å²) in [4.78, 5) is 8.51. The van der Waals surface area contributed by atoms with Crippen LogP contribution in [0.2, 0.25) is 0 Å². The lowest BCUT2D eigenvalue weighted by atomic mass is 9.95. The van der Waals surface area contributed by atoms with E-state index in [-0.39, 0.29) is 11.9 Å². The lowest BCUT2D eigenvalue weighted by molar-refractivity contribution is 0.149. The molecular weight excluding hydrogens is 348 g/mol. The maximum Gasteiger partial charge on any atom is 0.230 e. The summed E-state index contributed by atoms with van der Waals surface area (Å²) in [5, 5.41) is 15.2. The van der Waals surface area contributed by atoms with Gasteiger partial charge >= 0.3 is 0 Å². The second kappa shape index (κ2) is 6.89. The summed E-state index contributed by atoms with van der Waals surface area (Å²) in [6, 6.07) is 8.09. The number of benzene rings is 1. The zero-order chi connectivity index (χ0) is 18.3. The number of methoxy groups -OCH3 is 1. The summed E-state index contributed by atoms with van der Waals surface area (Å²) in [5.41, 5.74) is 1.12. The Morgan fingerprint density at radius 2 is 2.23 bits per heavy atom. The molecule has 1 saturated heterocycles. The Kier molecular flexibility index (Phi) is 4.58. The third-order valence-corrected chi connectivity index (χ3v) is 6.09. The normalized spacial score (nSPS) is 19.7. The van der Waals surface area contributed by atoms with Crippen LogP contribution in [0.25, 0.3) is 4.96 Å². The SMILES string of the molecule is COc1cccc([C@H](c2sc3nc(C)nn3c2O)N2CCC[C@H](C)C2)c1. The Hall–Kier alpha value is -2.12. The number of piperidine rings is 1. The first-order chi connectivity index (χ1) is 12.6. The van der Waals surface area contributed by atoms with Gasteiger partial charge < -0.3 is 9.84 Å². The number of ether oxygens (including phenoxy) is 1.